The van der Waals surface area contributed by atoms with Crippen LogP contribution in [0.3, 0.4) is 0 Å². The summed E-state index contributed by atoms with van der Waals surface area (Å²) in [5.41, 5.74) is 0. The lowest BCUT2D eigenvalue weighted by atomic mass is 10.0. The molecule has 108 valence electrons. The molecule has 19 heavy (non-hydrogen) atoms. The largest absolute Gasteiger partial charge is 0.481 e. The van der Waals surface area contributed by atoms with E-state index in [1.54, 1.807) is 4.90 Å². The predicted molar refractivity (Wildman–Crippen MR) is 72.4 cm³/mol. The van der Waals surface area contributed by atoms with Gasteiger partial charge in [0, 0.05) is 23.6 Å². The molecule has 0 radical (unpaired) electrons. The molecule has 2 heterocycles. The SMILES string of the molecule is CC1SCCN(C(=O)NC2COCC2C(=O)O)C1C. The standard InChI is InChI=1S/C12H20N2O4S/c1-7-8(2)19-4-3-14(7)12(17)13-10-6-18-5-9(10)11(15)16/h7-10H,3-6H2,1-2H3,(H,13,17)(H,15,16). The van der Waals surface area contributed by atoms with Crippen LogP contribution in [-0.2, 0) is 9.53 Å². The Kier molecular flexibility index (Phi) is 4.57. The second kappa shape index (κ2) is 6.00. The van der Waals surface area contributed by atoms with Crippen LogP contribution in [0.2, 0.25) is 0 Å². The summed E-state index contributed by atoms with van der Waals surface area (Å²) in [7, 11) is 0. The number of hydrogen-bond acceptors (Lipinski definition) is 4. The number of carboxylic acid groups (broad SMARTS) is 1. The number of nitrogens with zero attached hydrogens (tertiary/aromatic N) is 1. The number of thioether (sulfide) groups is 1. The fourth-order valence-corrected chi connectivity index (χ4v) is 3.50. The van der Waals surface area contributed by atoms with Crippen molar-refractivity contribution < 1.29 is 19.4 Å². The van der Waals surface area contributed by atoms with Gasteiger partial charge in [0.05, 0.1) is 19.3 Å². The Hall–Kier alpha value is -0.950. The number of urea groups is 1. The van der Waals surface area contributed by atoms with Gasteiger partial charge in [0.25, 0.3) is 0 Å². The molecule has 2 saturated heterocycles. The molecule has 2 aliphatic rings. The van der Waals surface area contributed by atoms with E-state index in [1.165, 1.54) is 0 Å². The van der Waals surface area contributed by atoms with Crippen LogP contribution in [0.15, 0.2) is 0 Å². The molecule has 6 nitrogen and oxygen atoms in total. The monoisotopic (exact) mass is 288 g/mol. The van der Waals surface area contributed by atoms with E-state index in [-0.39, 0.29) is 25.3 Å². The van der Waals surface area contributed by atoms with E-state index >= 15 is 0 Å². The summed E-state index contributed by atoms with van der Waals surface area (Å²) in [6.45, 7) is 5.27. The summed E-state index contributed by atoms with van der Waals surface area (Å²) in [5, 5.41) is 12.3. The topological polar surface area (TPSA) is 78.9 Å². The van der Waals surface area contributed by atoms with Gasteiger partial charge in [0.15, 0.2) is 0 Å². The number of aliphatic carboxylic acids is 1. The molecule has 2 N–H and O–H groups in total. The van der Waals surface area contributed by atoms with Gasteiger partial charge in [0.2, 0.25) is 0 Å². The normalized spacial score (nSPS) is 35.2. The van der Waals surface area contributed by atoms with Gasteiger partial charge in [-0.1, -0.05) is 6.92 Å². The molecular formula is C12H20N2O4S. The first kappa shape index (κ1) is 14.5. The summed E-state index contributed by atoms with van der Waals surface area (Å²) in [4.78, 5) is 25.1. The minimum absolute atomic E-state index is 0.157. The van der Waals surface area contributed by atoms with Gasteiger partial charge in [-0.3, -0.25) is 4.79 Å². The average molecular weight is 288 g/mol. The maximum absolute atomic E-state index is 12.2. The van der Waals surface area contributed by atoms with Crippen molar-refractivity contribution in [2.24, 2.45) is 5.92 Å². The highest BCUT2D eigenvalue weighted by Gasteiger charge is 2.37. The summed E-state index contributed by atoms with van der Waals surface area (Å²) in [6, 6.07) is -0.451. The summed E-state index contributed by atoms with van der Waals surface area (Å²) >= 11 is 1.86. The quantitative estimate of drug-likeness (QED) is 0.779. The number of hydrogen-bond donors (Lipinski definition) is 2. The zero-order valence-electron chi connectivity index (χ0n) is 11.2. The minimum Gasteiger partial charge on any atom is -0.481 e. The number of carboxylic acids is 1. The average Bonchev–Trinajstić information content (AvgIpc) is 2.80. The maximum atomic E-state index is 12.2. The number of ether oxygens (including phenoxy) is 1. The van der Waals surface area contributed by atoms with Crippen molar-refractivity contribution in [1.29, 1.82) is 0 Å². The van der Waals surface area contributed by atoms with Crippen LogP contribution in [0.4, 0.5) is 4.79 Å². The van der Waals surface area contributed by atoms with E-state index in [9.17, 15) is 9.59 Å². The molecule has 4 unspecified atom stereocenters. The summed E-state index contributed by atoms with van der Waals surface area (Å²) in [5.74, 6) is -0.642. The third-order valence-corrected chi connectivity index (χ3v) is 5.19. The van der Waals surface area contributed by atoms with E-state index < -0.39 is 17.9 Å². The van der Waals surface area contributed by atoms with Crippen LogP contribution >= 0.6 is 11.8 Å². The van der Waals surface area contributed by atoms with Crippen molar-refractivity contribution in [3.8, 4) is 0 Å². The molecule has 0 spiro atoms. The zero-order valence-corrected chi connectivity index (χ0v) is 12.0. The smallest absolute Gasteiger partial charge is 0.318 e. The number of nitrogens with one attached hydrogen (secondary N) is 1. The van der Waals surface area contributed by atoms with Crippen LogP contribution in [0.5, 0.6) is 0 Å². The first-order valence-corrected chi connectivity index (χ1v) is 7.55. The molecule has 7 heteroatoms. The van der Waals surface area contributed by atoms with Gasteiger partial charge in [0.1, 0.15) is 5.92 Å². The highest BCUT2D eigenvalue weighted by molar-refractivity contribution is 8.00. The van der Waals surface area contributed by atoms with Crippen molar-refractivity contribution in [3.05, 3.63) is 0 Å². The molecule has 0 bridgehead atoms. The van der Waals surface area contributed by atoms with Crippen LogP contribution in [-0.4, -0.2) is 64.9 Å². The van der Waals surface area contributed by atoms with Gasteiger partial charge in [-0.05, 0) is 6.92 Å². The number of rotatable bonds is 2. The van der Waals surface area contributed by atoms with E-state index in [2.05, 4.69) is 12.2 Å². The van der Waals surface area contributed by atoms with E-state index in [0.29, 0.717) is 11.8 Å². The highest BCUT2D eigenvalue weighted by atomic mass is 32.2. The Morgan fingerprint density at radius 2 is 2.11 bits per heavy atom. The Bertz CT molecular complexity index is 366. The van der Waals surface area contributed by atoms with Gasteiger partial charge < -0.3 is 20.1 Å². The Morgan fingerprint density at radius 3 is 2.79 bits per heavy atom. The maximum Gasteiger partial charge on any atom is 0.318 e. The van der Waals surface area contributed by atoms with Gasteiger partial charge in [-0.2, -0.15) is 11.8 Å². The van der Waals surface area contributed by atoms with Gasteiger partial charge in [-0.25, -0.2) is 4.79 Å². The summed E-state index contributed by atoms with van der Waals surface area (Å²) < 4.78 is 5.15. The van der Waals surface area contributed by atoms with Crippen molar-refractivity contribution >= 4 is 23.8 Å². The molecule has 4 atom stereocenters. The Balaban J connectivity index is 1.95. The lowest BCUT2D eigenvalue weighted by molar-refractivity contribution is -0.142. The lowest BCUT2D eigenvalue weighted by Gasteiger charge is -2.38. The molecule has 2 amide bonds. The molecule has 2 rings (SSSR count). The number of carbonyl (C=O) groups is 2. The van der Waals surface area contributed by atoms with Crippen molar-refractivity contribution in [2.45, 2.75) is 31.2 Å². The molecule has 0 aliphatic carbocycles. The third-order valence-electron chi connectivity index (χ3n) is 3.85. The second-order valence-corrected chi connectivity index (χ2v) is 6.53. The van der Waals surface area contributed by atoms with E-state index in [1.807, 2.05) is 18.7 Å². The predicted octanol–water partition coefficient (Wildman–Crippen LogP) is 0.621. The molecule has 0 aromatic carbocycles. The number of carbonyl (C=O) groups excluding carboxylic acids is 1. The minimum atomic E-state index is -0.918. The zero-order chi connectivity index (χ0) is 14.0. The second-order valence-electron chi connectivity index (χ2n) is 5.05. The Morgan fingerprint density at radius 1 is 1.37 bits per heavy atom. The molecule has 0 aromatic rings. The highest BCUT2D eigenvalue weighted by Crippen LogP contribution is 2.24. The van der Waals surface area contributed by atoms with Crippen LogP contribution in [0.1, 0.15) is 13.8 Å². The van der Waals surface area contributed by atoms with Crippen molar-refractivity contribution in [3.63, 3.8) is 0 Å². The molecule has 2 fully saturated rings. The summed E-state index contributed by atoms with van der Waals surface area (Å²) in [6.07, 6.45) is 0. The van der Waals surface area contributed by atoms with Crippen LogP contribution in [0, 0.1) is 5.92 Å². The first-order chi connectivity index (χ1) is 9.00. The van der Waals surface area contributed by atoms with Gasteiger partial charge in [-0.15, -0.1) is 0 Å². The van der Waals surface area contributed by atoms with Crippen molar-refractivity contribution in [2.75, 3.05) is 25.5 Å². The fourth-order valence-electron chi connectivity index (χ4n) is 2.40. The van der Waals surface area contributed by atoms with Crippen LogP contribution in [0.25, 0.3) is 0 Å². The number of amides is 2. The van der Waals surface area contributed by atoms with Crippen molar-refractivity contribution in [1.82, 2.24) is 10.2 Å². The van der Waals surface area contributed by atoms with Crippen LogP contribution < -0.4 is 5.32 Å². The Labute approximate surface area is 116 Å². The molecule has 2 aliphatic heterocycles. The molecule has 0 saturated carbocycles. The lowest BCUT2D eigenvalue weighted by Crippen LogP contribution is -2.55. The van der Waals surface area contributed by atoms with E-state index in [4.69, 9.17) is 9.84 Å². The molecular weight excluding hydrogens is 268 g/mol. The van der Waals surface area contributed by atoms with E-state index in [0.717, 1.165) is 5.75 Å². The third kappa shape index (κ3) is 3.14. The first-order valence-electron chi connectivity index (χ1n) is 6.50. The fraction of sp³-hybridized carbons (Fsp3) is 0.833. The molecule has 0 aromatic heterocycles. The van der Waals surface area contributed by atoms with Gasteiger partial charge >= 0.3 is 12.0 Å².